The second-order valence-corrected chi connectivity index (χ2v) is 4.52. The first kappa shape index (κ1) is 10.0. The van der Waals surface area contributed by atoms with Crippen LogP contribution in [-0.4, -0.2) is 30.2 Å². The Morgan fingerprint density at radius 1 is 1.31 bits per heavy atom. The molecule has 0 saturated carbocycles. The molecule has 4 nitrogen and oxygen atoms in total. The van der Waals surface area contributed by atoms with E-state index in [1.807, 2.05) is 7.05 Å². The van der Waals surface area contributed by atoms with Gasteiger partial charge in [-0.15, -0.1) is 0 Å². The molecule has 86 valence electrons. The van der Waals surface area contributed by atoms with E-state index >= 15 is 0 Å². The maximum absolute atomic E-state index is 5.40. The van der Waals surface area contributed by atoms with Gasteiger partial charge in [-0.1, -0.05) is 0 Å². The van der Waals surface area contributed by atoms with E-state index in [0.29, 0.717) is 5.92 Å². The van der Waals surface area contributed by atoms with Crippen LogP contribution in [0.1, 0.15) is 35.8 Å². The van der Waals surface area contributed by atoms with Gasteiger partial charge in [0.2, 0.25) is 0 Å². The molecule has 0 radical (unpaired) electrons. The van der Waals surface area contributed by atoms with Crippen molar-refractivity contribution in [3.8, 4) is 0 Å². The molecule has 16 heavy (non-hydrogen) atoms. The van der Waals surface area contributed by atoms with E-state index in [4.69, 9.17) is 9.72 Å². The second kappa shape index (κ2) is 4.01. The summed E-state index contributed by atoms with van der Waals surface area (Å²) in [7, 11) is 1.94. The lowest BCUT2D eigenvalue weighted by atomic mass is 10.1. The van der Waals surface area contributed by atoms with Crippen molar-refractivity contribution >= 4 is 5.82 Å². The van der Waals surface area contributed by atoms with E-state index in [1.54, 1.807) is 0 Å². The molecular formula is C12H17N3O. The number of ether oxygens (including phenoxy) is 1. The Kier molecular flexibility index (Phi) is 2.52. The number of nitrogens with one attached hydrogen (secondary N) is 1. The zero-order valence-corrected chi connectivity index (χ0v) is 9.62. The zero-order chi connectivity index (χ0) is 11.0. The zero-order valence-electron chi connectivity index (χ0n) is 9.62. The predicted octanol–water partition coefficient (Wildman–Crippen LogP) is 1.51. The third-order valence-electron chi connectivity index (χ3n) is 3.48. The molecule has 3 rings (SSSR count). The van der Waals surface area contributed by atoms with Crippen LogP contribution in [0.4, 0.5) is 5.82 Å². The second-order valence-electron chi connectivity index (χ2n) is 4.52. The van der Waals surface area contributed by atoms with Crippen molar-refractivity contribution in [3.63, 3.8) is 0 Å². The SMILES string of the molecule is CNc1nc(C2CCOC2)nc2c1CCC2. The summed E-state index contributed by atoms with van der Waals surface area (Å²) in [5, 5.41) is 3.20. The van der Waals surface area contributed by atoms with Crippen molar-refractivity contribution in [2.24, 2.45) is 0 Å². The lowest BCUT2D eigenvalue weighted by Gasteiger charge is -2.12. The van der Waals surface area contributed by atoms with Gasteiger partial charge in [-0.3, -0.25) is 0 Å². The topological polar surface area (TPSA) is 47.0 Å². The lowest BCUT2D eigenvalue weighted by Crippen LogP contribution is -2.10. The molecule has 1 atom stereocenters. The first-order chi connectivity index (χ1) is 7.88. The quantitative estimate of drug-likeness (QED) is 0.819. The standard InChI is InChI=1S/C12H17N3O/c1-13-12-9-3-2-4-10(9)14-11(15-12)8-5-6-16-7-8/h8H,2-7H2,1H3,(H,13,14,15). The lowest BCUT2D eigenvalue weighted by molar-refractivity contribution is 0.193. The minimum Gasteiger partial charge on any atom is -0.381 e. The molecule has 1 aliphatic heterocycles. The van der Waals surface area contributed by atoms with Crippen molar-refractivity contribution in [3.05, 3.63) is 17.1 Å². The Morgan fingerprint density at radius 3 is 3.00 bits per heavy atom. The third-order valence-corrected chi connectivity index (χ3v) is 3.48. The average molecular weight is 219 g/mol. The van der Waals surface area contributed by atoms with E-state index in [0.717, 1.165) is 44.1 Å². The van der Waals surface area contributed by atoms with Gasteiger partial charge in [0.05, 0.1) is 6.61 Å². The molecule has 0 spiro atoms. The summed E-state index contributed by atoms with van der Waals surface area (Å²) in [6.45, 7) is 1.63. The molecule has 1 aliphatic carbocycles. The molecule has 1 saturated heterocycles. The summed E-state index contributed by atoms with van der Waals surface area (Å²) in [5.41, 5.74) is 2.58. The maximum Gasteiger partial charge on any atom is 0.136 e. The fourth-order valence-corrected chi connectivity index (χ4v) is 2.58. The molecule has 0 aromatic carbocycles. The normalized spacial score (nSPS) is 23.4. The maximum atomic E-state index is 5.40. The summed E-state index contributed by atoms with van der Waals surface area (Å²) < 4.78 is 5.40. The van der Waals surface area contributed by atoms with Gasteiger partial charge in [-0.2, -0.15) is 0 Å². The number of hydrogen-bond donors (Lipinski definition) is 1. The average Bonchev–Trinajstić information content (AvgIpc) is 2.97. The highest BCUT2D eigenvalue weighted by Gasteiger charge is 2.25. The van der Waals surface area contributed by atoms with Crippen LogP contribution in [0.5, 0.6) is 0 Å². The van der Waals surface area contributed by atoms with E-state index in [9.17, 15) is 0 Å². The highest BCUT2D eigenvalue weighted by atomic mass is 16.5. The van der Waals surface area contributed by atoms with E-state index in [2.05, 4.69) is 10.3 Å². The van der Waals surface area contributed by atoms with Gasteiger partial charge in [0.1, 0.15) is 11.6 Å². The van der Waals surface area contributed by atoms with Crippen LogP contribution in [0.25, 0.3) is 0 Å². The van der Waals surface area contributed by atoms with Gasteiger partial charge in [0.25, 0.3) is 0 Å². The predicted molar refractivity (Wildman–Crippen MR) is 61.8 cm³/mol. The van der Waals surface area contributed by atoms with Crippen LogP contribution in [-0.2, 0) is 17.6 Å². The third kappa shape index (κ3) is 1.57. The van der Waals surface area contributed by atoms with Crippen molar-refractivity contribution in [2.75, 3.05) is 25.6 Å². The molecule has 1 aromatic rings. The summed E-state index contributed by atoms with van der Waals surface area (Å²) in [4.78, 5) is 9.36. The van der Waals surface area contributed by atoms with Gasteiger partial charge in [0, 0.05) is 30.8 Å². The molecule has 4 heteroatoms. The van der Waals surface area contributed by atoms with Crippen molar-refractivity contribution in [2.45, 2.75) is 31.6 Å². The number of aromatic nitrogens is 2. The molecule has 0 amide bonds. The Hall–Kier alpha value is -1.16. The summed E-state index contributed by atoms with van der Waals surface area (Å²) >= 11 is 0. The summed E-state index contributed by atoms with van der Waals surface area (Å²) in [6, 6.07) is 0. The van der Waals surface area contributed by atoms with Crippen LogP contribution in [0.2, 0.25) is 0 Å². The van der Waals surface area contributed by atoms with Crippen molar-refractivity contribution < 1.29 is 4.74 Å². The van der Waals surface area contributed by atoms with Crippen LogP contribution >= 0.6 is 0 Å². The molecule has 1 N–H and O–H groups in total. The number of rotatable bonds is 2. The van der Waals surface area contributed by atoms with Gasteiger partial charge >= 0.3 is 0 Å². The minimum absolute atomic E-state index is 0.401. The van der Waals surface area contributed by atoms with Gasteiger partial charge in [-0.25, -0.2) is 9.97 Å². The van der Waals surface area contributed by atoms with Crippen LogP contribution < -0.4 is 5.32 Å². The highest BCUT2D eigenvalue weighted by Crippen LogP contribution is 2.30. The highest BCUT2D eigenvalue weighted by molar-refractivity contribution is 5.48. The van der Waals surface area contributed by atoms with Crippen LogP contribution in [0, 0.1) is 0 Å². The van der Waals surface area contributed by atoms with Crippen LogP contribution in [0.15, 0.2) is 0 Å². The smallest absolute Gasteiger partial charge is 0.136 e. The first-order valence-corrected chi connectivity index (χ1v) is 6.03. The summed E-state index contributed by atoms with van der Waals surface area (Å²) in [6.07, 6.45) is 4.49. The van der Waals surface area contributed by atoms with Crippen LogP contribution in [0.3, 0.4) is 0 Å². The number of fused-ring (bicyclic) bond motifs is 1. The number of anilines is 1. The van der Waals surface area contributed by atoms with E-state index < -0.39 is 0 Å². The summed E-state index contributed by atoms with van der Waals surface area (Å²) in [5.74, 6) is 2.41. The monoisotopic (exact) mass is 219 g/mol. The van der Waals surface area contributed by atoms with Crippen molar-refractivity contribution in [1.82, 2.24) is 9.97 Å². The van der Waals surface area contributed by atoms with Gasteiger partial charge in [-0.05, 0) is 25.7 Å². The van der Waals surface area contributed by atoms with Gasteiger partial charge < -0.3 is 10.1 Å². The number of hydrogen-bond acceptors (Lipinski definition) is 4. The molecule has 2 aliphatic rings. The molecule has 1 unspecified atom stereocenters. The number of aryl methyl sites for hydroxylation is 1. The number of nitrogens with zero attached hydrogens (tertiary/aromatic N) is 2. The molecule has 1 aromatic heterocycles. The Labute approximate surface area is 95.4 Å². The largest absolute Gasteiger partial charge is 0.381 e. The Morgan fingerprint density at radius 2 is 2.25 bits per heavy atom. The van der Waals surface area contributed by atoms with Crippen molar-refractivity contribution in [1.29, 1.82) is 0 Å². The fourth-order valence-electron chi connectivity index (χ4n) is 2.58. The van der Waals surface area contributed by atoms with E-state index in [1.165, 1.54) is 17.7 Å². The Bertz CT molecular complexity index is 399. The molecule has 0 bridgehead atoms. The molecular weight excluding hydrogens is 202 g/mol. The Balaban J connectivity index is 2.00. The molecule has 1 fully saturated rings. The first-order valence-electron chi connectivity index (χ1n) is 6.03. The minimum atomic E-state index is 0.401. The van der Waals surface area contributed by atoms with E-state index in [-0.39, 0.29) is 0 Å². The van der Waals surface area contributed by atoms with Gasteiger partial charge in [0.15, 0.2) is 0 Å². The molecule has 2 heterocycles. The fraction of sp³-hybridized carbons (Fsp3) is 0.667.